The van der Waals surface area contributed by atoms with E-state index in [1.54, 1.807) is 0 Å². The van der Waals surface area contributed by atoms with Crippen LogP contribution < -0.4 is 4.72 Å². The van der Waals surface area contributed by atoms with Crippen molar-refractivity contribution >= 4 is 15.9 Å². The molecule has 192 valence electrons. The molecule has 0 aromatic heterocycles. The predicted octanol–water partition coefficient (Wildman–Crippen LogP) is 4.78. The Morgan fingerprint density at radius 2 is 1.83 bits per heavy atom. The number of benzene rings is 2. The summed E-state index contributed by atoms with van der Waals surface area (Å²) in [6, 6.07) is 6.01. The first-order chi connectivity index (χ1) is 16.3. The molecule has 2 aromatic rings. The number of carbonyl (C=O) groups is 1. The molecule has 1 saturated heterocycles. The molecule has 5 nitrogen and oxygen atoms in total. The lowest BCUT2D eigenvalue weighted by atomic mass is 9.94. The molecule has 0 unspecified atom stereocenters. The molecule has 0 saturated carbocycles. The quantitative estimate of drug-likeness (QED) is 0.512. The van der Waals surface area contributed by atoms with Gasteiger partial charge >= 0.3 is 0 Å². The van der Waals surface area contributed by atoms with Crippen molar-refractivity contribution in [2.45, 2.75) is 51.6 Å². The maximum absolute atomic E-state index is 15.5. The number of hydrogen-bond donors (Lipinski definition) is 1. The molecule has 1 amide bonds. The SMILES string of the molecule is CCS(=O)(=O)N[C@@H]1[C@H](Cc2cccc(-c3cccc(C(F)F)c3)c2F)N(C(=O)C(C)C)CC1(F)F. The molecular formula is C24H27F5N2O3S. The van der Waals surface area contributed by atoms with Crippen LogP contribution >= 0.6 is 0 Å². The molecule has 1 N–H and O–H groups in total. The number of amides is 1. The van der Waals surface area contributed by atoms with Crippen LogP contribution in [0.25, 0.3) is 11.1 Å². The van der Waals surface area contributed by atoms with Crippen LogP contribution in [0.15, 0.2) is 42.5 Å². The highest BCUT2D eigenvalue weighted by molar-refractivity contribution is 7.89. The third kappa shape index (κ3) is 5.83. The Labute approximate surface area is 201 Å². The third-order valence-corrected chi connectivity index (χ3v) is 7.42. The van der Waals surface area contributed by atoms with Crippen molar-refractivity contribution in [1.29, 1.82) is 0 Å². The van der Waals surface area contributed by atoms with Gasteiger partial charge in [0.2, 0.25) is 15.9 Å². The monoisotopic (exact) mass is 518 g/mol. The van der Waals surface area contributed by atoms with Gasteiger partial charge in [0.1, 0.15) is 11.9 Å². The molecule has 2 atom stereocenters. The Balaban J connectivity index is 2.05. The van der Waals surface area contributed by atoms with Crippen LogP contribution in [0.3, 0.4) is 0 Å². The van der Waals surface area contributed by atoms with Crippen LogP contribution in [-0.2, 0) is 21.2 Å². The fourth-order valence-electron chi connectivity index (χ4n) is 4.17. The van der Waals surface area contributed by atoms with Crippen molar-refractivity contribution in [2.75, 3.05) is 12.3 Å². The number of nitrogens with zero attached hydrogens (tertiary/aromatic N) is 1. The highest BCUT2D eigenvalue weighted by Crippen LogP contribution is 2.37. The van der Waals surface area contributed by atoms with Gasteiger partial charge in [-0.2, -0.15) is 0 Å². The van der Waals surface area contributed by atoms with E-state index in [0.717, 1.165) is 11.0 Å². The summed E-state index contributed by atoms with van der Waals surface area (Å²) in [4.78, 5) is 13.6. The second kappa shape index (κ2) is 10.2. The van der Waals surface area contributed by atoms with E-state index in [2.05, 4.69) is 0 Å². The minimum Gasteiger partial charge on any atom is -0.331 e. The highest BCUT2D eigenvalue weighted by Gasteiger charge is 2.57. The zero-order chi connectivity index (χ0) is 26.1. The van der Waals surface area contributed by atoms with Gasteiger partial charge in [0, 0.05) is 17.0 Å². The standard InChI is InChI=1S/C24H27F5N2O3S/c1-4-35(33,34)30-21-19(31(13-24(21,28)29)23(32)14(2)3)12-16-8-6-10-18(20(16)25)15-7-5-9-17(11-15)22(26)27/h5-11,14,19,21-22,30H,4,12-13H2,1-3H3/t19-,21+/m0/s1. The second-order valence-corrected chi connectivity index (χ2v) is 10.9. The average Bonchev–Trinajstić information content (AvgIpc) is 3.04. The van der Waals surface area contributed by atoms with Crippen molar-refractivity contribution in [3.63, 3.8) is 0 Å². The largest absolute Gasteiger partial charge is 0.331 e. The lowest BCUT2D eigenvalue weighted by Crippen LogP contribution is -2.53. The van der Waals surface area contributed by atoms with E-state index in [1.807, 2.05) is 4.72 Å². The van der Waals surface area contributed by atoms with Crippen LogP contribution in [-0.4, -0.2) is 49.5 Å². The number of halogens is 5. The fraction of sp³-hybridized carbons (Fsp3) is 0.458. The lowest BCUT2D eigenvalue weighted by molar-refractivity contribution is -0.136. The molecule has 0 radical (unpaired) electrons. The smallest absolute Gasteiger partial charge is 0.283 e. The molecule has 0 bridgehead atoms. The lowest BCUT2D eigenvalue weighted by Gasteiger charge is -2.29. The molecule has 1 heterocycles. The number of alkyl halides is 4. The summed E-state index contributed by atoms with van der Waals surface area (Å²) in [6.45, 7) is 3.33. The van der Waals surface area contributed by atoms with Crippen LogP contribution in [0.1, 0.15) is 38.3 Å². The minimum atomic E-state index is -4.08. The van der Waals surface area contributed by atoms with E-state index >= 15 is 4.39 Å². The highest BCUT2D eigenvalue weighted by atomic mass is 32.2. The Morgan fingerprint density at radius 1 is 1.17 bits per heavy atom. The van der Waals surface area contributed by atoms with E-state index in [9.17, 15) is 30.8 Å². The molecule has 1 aliphatic rings. The Bertz CT molecular complexity index is 1190. The molecular weight excluding hydrogens is 491 g/mol. The average molecular weight is 519 g/mol. The molecule has 11 heteroatoms. The molecule has 0 aliphatic carbocycles. The summed E-state index contributed by atoms with van der Waals surface area (Å²) in [5.41, 5.74) is -0.181. The van der Waals surface area contributed by atoms with E-state index in [1.165, 1.54) is 57.2 Å². The number of likely N-dealkylation sites (tertiary alicyclic amines) is 1. The van der Waals surface area contributed by atoms with Gasteiger partial charge in [-0.15, -0.1) is 0 Å². The maximum atomic E-state index is 15.5. The van der Waals surface area contributed by atoms with Crippen molar-refractivity contribution in [3.05, 3.63) is 59.4 Å². The predicted molar refractivity (Wildman–Crippen MR) is 122 cm³/mol. The first kappa shape index (κ1) is 27.1. The van der Waals surface area contributed by atoms with Crippen molar-refractivity contribution < 1.29 is 35.2 Å². The van der Waals surface area contributed by atoms with Gasteiger partial charge in [-0.05, 0) is 30.5 Å². The summed E-state index contributed by atoms with van der Waals surface area (Å²) in [5, 5.41) is 0. The number of hydrogen-bond acceptors (Lipinski definition) is 3. The van der Waals surface area contributed by atoms with Gasteiger partial charge in [0.25, 0.3) is 12.3 Å². The Hall–Kier alpha value is -2.53. The fourth-order valence-corrected chi connectivity index (χ4v) is 5.06. The number of carbonyl (C=O) groups excluding carboxylic acids is 1. The molecule has 2 aromatic carbocycles. The maximum Gasteiger partial charge on any atom is 0.283 e. The molecule has 3 rings (SSSR count). The van der Waals surface area contributed by atoms with Crippen molar-refractivity contribution in [1.82, 2.24) is 9.62 Å². The van der Waals surface area contributed by atoms with E-state index in [0.29, 0.717) is 0 Å². The summed E-state index contributed by atoms with van der Waals surface area (Å²) >= 11 is 0. The number of nitrogens with one attached hydrogen (secondary N) is 1. The van der Waals surface area contributed by atoms with Gasteiger partial charge in [-0.3, -0.25) is 4.79 Å². The summed E-state index contributed by atoms with van der Waals surface area (Å²) in [5.74, 6) is -6.12. The molecule has 1 aliphatic heterocycles. The minimum absolute atomic E-state index is 0.0119. The van der Waals surface area contributed by atoms with E-state index in [4.69, 9.17) is 0 Å². The van der Waals surface area contributed by atoms with Gasteiger partial charge in [0.05, 0.1) is 18.3 Å². The summed E-state index contributed by atoms with van der Waals surface area (Å²) in [6.07, 6.45) is -3.16. The summed E-state index contributed by atoms with van der Waals surface area (Å²) < 4.78 is 98.1. The first-order valence-corrected chi connectivity index (χ1v) is 12.8. The molecule has 1 fully saturated rings. The molecule has 35 heavy (non-hydrogen) atoms. The third-order valence-electron chi connectivity index (χ3n) is 6.04. The van der Waals surface area contributed by atoms with Crippen LogP contribution in [0, 0.1) is 11.7 Å². The Kier molecular flexibility index (Phi) is 7.90. The number of rotatable bonds is 8. The van der Waals surface area contributed by atoms with E-state index < -0.39 is 70.8 Å². The van der Waals surface area contributed by atoms with Crippen molar-refractivity contribution in [2.24, 2.45) is 5.92 Å². The molecule has 0 spiro atoms. The van der Waals surface area contributed by atoms with Crippen molar-refractivity contribution in [3.8, 4) is 11.1 Å². The topological polar surface area (TPSA) is 66.5 Å². The number of sulfonamides is 1. The van der Waals surface area contributed by atoms with Gasteiger partial charge < -0.3 is 4.90 Å². The second-order valence-electron chi connectivity index (χ2n) is 8.86. The Morgan fingerprint density at radius 3 is 2.43 bits per heavy atom. The summed E-state index contributed by atoms with van der Waals surface area (Å²) in [7, 11) is -4.08. The zero-order valence-corrected chi connectivity index (χ0v) is 20.3. The zero-order valence-electron chi connectivity index (χ0n) is 19.4. The van der Waals surface area contributed by atoms with Gasteiger partial charge in [-0.1, -0.05) is 50.2 Å². The van der Waals surface area contributed by atoms with Crippen LogP contribution in [0.4, 0.5) is 22.0 Å². The normalized spacial score (nSPS) is 20.1. The van der Waals surface area contributed by atoms with Gasteiger partial charge in [0.15, 0.2) is 0 Å². The first-order valence-electron chi connectivity index (χ1n) is 11.1. The van der Waals surface area contributed by atoms with E-state index in [-0.39, 0.29) is 22.3 Å². The van der Waals surface area contributed by atoms with Crippen LogP contribution in [0.2, 0.25) is 0 Å². The van der Waals surface area contributed by atoms with Crippen LogP contribution in [0.5, 0.6) is 0 Å². The van der Waals surface area contributed by atoms with Gasteiger partial charge in [-0.25, -0.2) is 35.1 Å².